The average molecular weight is 398 g/mol. The van der Waals surface area contributed by atoms with E-state index in [1.165, 1.54) is 24.0 Å². The third-order valence-electron chi connectivity index (χ3n) is 6.60. The van der Waals surface area contributed by atoms with Crippen LogP contribution in [0.1, 0.15) is 58.9 Å². The Morgan fingerprint density at radius 1 is 0.793 bits per heavy atom. The second-order valence-electron chi connectivity index (χ2n) is 8.64. The van der Waals surface area contributed by atoms with Gasteiger partial charge in [-0.15, -0.1) is 0 Å². The molecule has 156 valence electrons. The predicted molar refractivity (Wildman–Crippen MR) is 110 cm³/mol. The van der Waals surface area contributed by atoms with Crippen LogP contribution in [-0.4, -0.2) is 50.5 Å². The standard InChI is InChI=1S/C24H30O5/c25-12-15-3-1-14(2-4-15)9-18-10-17(7-8-20(18)16-5-6-16)21-11-19(13-26)22(27)24(29)23(21)28/h1-4,7-8,10,16,19,21-29H,5-6,9,11-13H2/t19-,21+,22-,23+,24+/m1/s1. The molecule has 29 heavy (non-hydrogen) atoms. The molecule has 5 heteroatoms. The van der Waals surface area contributed by atoms with Gasteiger partial charge in [0.2, 0.25) is 0 Å². The fourth-order valence-electron chi connectivity index (χ4n) is 4.62. The Balaban J connectivity index is 1.63. The Morgan fingerprint density at radius 3 is 2.10 bits per heavy atom. The van der Waals surface area contributed by atoms with E-state index < -0.39 is 24.2 Å². The van der Waals surface area contributed by atoms with Gasteiger partial charge in [0.1, 0.15) is 6.10 Å². The van der Waals surface area contributed by atoms with E-state index in [1.807, 2.05) is 30.3 Å². The number of hydrogen-bond acceptors (Lipinski definition) is 5. The smallest absolute Gasteiger partial charge is 0.107 e. The third kappa shape index (κ3) is 4.25. The molecule has 0 heterocycles. The summed E-state index contributed by atoms with van der Waals surface area (Å²) >= 11 is 0. The largest absolute Gasteiger partial charge is 0.396 e. The summed E-state index contributed by atoms with van der Waals surface area (Å²) in [6.07, 6.45) is 0.159. The lowest BCUT2D eigenvalue weighted by atomic mass is 9.72. The topological polar surface area (TPSA) is 101 Å². The van der Waals surface area contributed by atoms with Crippen molar-refractivity contribution in [3.63, 3.8) is 0 Å². The molecular formula is C24H30O5. The second-order valence-corrected chi connectivity index (χ2v) is 8.64. The van der Waals surface area contributed by atoms with Crippen LogP contribution in [0.15, 0.2) is 42.5 Å². The summed E-state index contributed by atoms with van der Waals surface area (Å²) in [5.74, 6) is -0.185. The first-order valence-electron chi connectivity index (χ1n) is 10.5. The Bertz CT molecular complexity index is 828. The number of benzene rings is 2. The molecule has 5 nitrogen and oxygen atoms in total. The molecule has 0 bridgehead atoms. The van der Waals surface area contributed by atoms with Gasteiger partial charge >= 0.3 is 0 Å². The van der Waals surface area contributed by atoms with Gasteiger partial charge in [0.15, 0.2) is 0 Å². The highest BCUT2D eigenvalue weighted by Gasteiger charge is 2.43. The van der Waals surface area contributed by atoms with Crippen LogP contribution in [0.3, 0.4) is 0 Å². The molecule has 0 aliphatic heterocycles. The zero-order valence-electron chi connectivity index (χ0n) is 16.5. The lowest BCUT2D eigenvalue weighted by Crippen LogP contribution is -2.51. The number of aliphatic hydroxyl groups excluding tert-OH is 5. The zero-order chi connectivity index (χ0) is 20.5. The first kappa shape index (κ1) is 20.5. The summed E-state index contributed by atoms with van der Waals surface area (Å²) in [4.78, 5) is 0. The molecule has 0 saturated heterocycles. The van der Waals surface area contributed by atoms with Crippen molar-refractivity contribution in [3.8, 4) is 0 Å². The summed E-state index contributed by atoms with van der Waals surface area (Å²) in [5, 5.41) is 49.8. The zero-order valence-corrected chi connectivity index (χ0v) is 16.5. The van der Waals surface area contributed by atoms with Crippen molar-refractivity contribution in [1.29, 1.82) is 0 Å². The molecule has 0 radical (unpaired) electrons. The lowest BCUT2D eigenvalue weighted by Gasteiger charge is -2.40. The lowest BCUT2D eigenvalue weighted by molar-refractivity contribution is -0.127. The maximum absolute atomic E-state index is 10.6. The molecular weight excluding hydrogens is 368 g/mol. The number of aliphatic hydroxyl groups is 5. The van der Waals surface area contributed by atoms with Crippen molar-refractivity contribution < 1.29 is 25.5 Å². The fourth-order valence-corrected chi connectivity index (χ4v) is 4.62. The van der Waals surface area contributed by atoms with Gasteiger partial charge in [0, 0.05) is 18.4 Å². The Labute approximate surface area is 171 Å². The van der Waals surface area contributed by atoms with E-state index in [0.717, 1.165) is 23.1 Å². The van der Waals surface area contributed by atoms with Crippen molar-refractivity contribution >= 4 is 0 Å². The summed E-state index contributed by atoms with van der Waals surface area (Å²) in [7, 11) is 0. The second kappa shape index (κ2) is 8.54. The molecule has 0 aromatic heterocycles. The molecule has 0 amide bonds. The van der Waals surface area contributed by atoms with Crippen LogP contribution >= 0.6 is 0 Å². The minimum absolute atomic E-state index is 0.0306. The van der Waals surface area contributed by atoms with Crippen molar-refractivity contribution in [2.24, 2.45) is 5.92 Å². The number of rotatable bonds is 6. The summed E-state index contributed by atoms with van der Waals surface area (Å²) in [6, 6.07) is 14.2. The number of hydrogen-bond donors (Lipinski definition) is 5. The van der Waals surface area contributed by atoms with Crippen molar-refractivity contribution in [1.82, 2.24) is 0 Å². The molecule has 5 atom stereocenters. The average Bonchev–Trinajstić information content (AvgIpc) is 3.58. The minimum atomic E-state index is -1.26. The molecule has 0 spiro atoms. The van der Waals surface area contributed by atoms with Crippen molar-refractivity contribution in [3.05, 3.63) is 70.3 Å². The summed E-state index contributed by atoms with van der Waals surface area (Å²) in [5.41, 5.74) is 5.54. The predicted octanol–water partition coefficient (Wildman–Crippen LogP) is 1.83. The highest BCUT2D eigenvalue weighted by molar-refractivity contribution is 5.42. The van der Waals surface area contributed by atoms with Crippen LogP contribution in [0.5, 0.6) is 0 Å². The van der Waals surface area contributed by atoms with E-state index >= 15 is 0 Å². The van der Waals surface area contributed by atoms with E-state index in [4.69, 9.17) is 0 Å². The van der Waals surface area contributed by atoms with Gasteiger partial charge < -0.3 is 25.5 Å². The molecule has 2 aromatic rings. The highest BCUT2D eigenvalue weighted by atomic mass is 16.4. The summed E-state index contributed by atoms with van der Waals surface area (Å²) < 4.78 is 0. The molecule has 2 fully saturated rings. The first-order valence-corrected chi connectivity index (χ1v) is 10.5. The molecule has 2 aliphatic rings. The monoisotopic (exact) mass is 398 g/mol. The molecule has 5 N–H and O–H groups in total. The Morgan fingerprint density at radius 2 is 1.48 bits per heavy atom. The Hall–Kier alpha value is -1.76. The molecule has 2 aliphatic carbocycles. The van der Waals surface area contributed by atoms with Gasteiger partial charge in [-0.25, -0.2) is 0 Å². The van der Waals surface area contributed by atoms with Crippen molar-refractivity contribution in [2.45, 2.75) is 62.4 Å². The quantitative estimate of drug-likeness (QED) is 0.511. The third-order valence-corrected chi connectivity index (χ3v) is 6.60. The van der Waals surface area contributed by atoms with Gasteiger partial charge in [-0.2, -0.15) is 0 Å². The molecule has 4 rings (SSSR count). The van der Waals surface area contributed by atoms with E-state index in [9.17, 15) is 25.5 Å². The minimum Gasteiger partial charge on any atom is -0.396 e. The first-order chi connectivity index (χ1) is 14.0. The highest BCUT2D eigenvalue weighted by Crippen LogP contribution is 2.44. The van der Waals surface area contributed by atoms with Crippen LogP contribution in [0.4, 0.5) is 0 Å². The van der Waals surface area contributed by atoms with Gasteiger partial charge in [0.25, 0.3) is 0 Å². The van der Waals surface area contributed by atoms with Crippen LogP contribution in [0.2, 0.25) is 0 Å². The SMILES string of the molecule is OCc1ccc(Cc2cc([C@@H]3C[C@H](CO)[C@@H](O)[C@H](O)[C@H]3O)ccc2C2CC2)cc1. The fraction of sp³-hybridized carbons (Fsp3) is 0.500. The van der Waals surface area contributed by atoms with Gasteiger partial charge in [-0.1, -0.05) is 42.5 Å². The van der Waals surface area contributed by atoms with Crippen LogP contribution in [-0.2, 0) is 13.0 Å². The van der Waals surface area contributed by atoms with Gasteiger partial charge in [-0.05, 0) is 59.4 Å². The van der Waals surface area contributed by atoms with Crippen LogP contribution < -0.4 is 0 Å². The van der Waals surface area contributed by atoms with Crippen LogP contribution in [0, 0.1) is 5.92 Å². The normalized spacial score (nSPS) is 29.8. The van der Waals surface area contributed by atoms with E-state index in [2.05, 4.69) is 12.1 Å². The molecule has 2 aromatic carbocycles. The van der Waals surface area contributed by atoms with E-state index in [0.29, 0.717) is 12.3 Å². The van der Waals surface area contributed by atoms with Gasteiger partial charge in [0.05, 0.1) is 18.8 Å². The Kier molecular flexibility index (Phi) is 6.04. The maximum atomic E-state index is 10.6. The molecule has 2 saturated carbocycles. The van der Waals surface area contributed by atoms with E-state index in [-0.39, 0.29) is 19.1 Å². The van der Waals surface area contributed by atoms with Gasteiger partial charge in [-0.3, -0.25) is 0 Å². The van der Waals surface area contributed by atoms with Crippen LogP contribution in [0.25, 0.3) is 0 Å². The van der Waals surface area contributed by atoms with E-state index in [1.54, 1.807) is 0 Å². The maximum Gasteiger partial charge on any atom is 0.107 e. The summed E-state index contributed by atoms with van der Waals surface area (Å²) in [6.45, 7) is -0.186. The van der Waals surface area contributed by atoms with Crippen molar-refractivity contribution in [2.75, 3.05) is 6.61 Å². The molecule has 0 unspecified atom stereocenters.